The maximum absolute atomic E-state index is 12.3. The molecule has 3 saturated heterocycles. The molecule has 0 N–H and O–H groups in total. The highest BCUT2D eigenvalue weighted by molar-refractivity contribution is 5.71. The van der Waals surface area contributed by atoms with Crippen LogP contribution in [0, 0.1) is 0 Å². The highest BCUT2D eigenvalue weighted by Gasteiger charge is 2.47. The zero-order valence-electron chi connectivity index (χ0n) is 16.1. The van der Waals surface area contributed by atoms with Crippen LogP contribution < -0.4 is 9.80 Å². The summed E-state index contributed by atoms with van der Waals surface area (Å²) < 4.78 is 11.0. The monoisotopic (exact) mass is 376 g/mol. The van der Waals surface area contributed by atoms with Crippen LogP contribution in [0.4, 0.5) is 16.4 Å². The van der Waals surface area contributed by atoms with Crippen LogP contribution in [0.25, 0.3) is 0 Å². The van der Waals surface area contributed by atoms with Crippen molar-refractivity contribution >= 4 is 17.7 Å². The van der Waals surface area contributed by atoms with E-state index in [4.69, 9.17) is 9.47 Å². The standard InChI is InChI=1S/C18H28N6O3/c1-21(2)16-10-17(20-13-19-16)23-11-14-15(12-23)27-18(25)24(14)5-3-4-22-6-8-26-9-7-22/h10,13-15H,3-9,11-12H2,1-2H3/t14-,15+/m0/s1. The zero-order valence-corrected chi connectivity index (χ0v) is 16.1. The van der Waals surface area contributed by atoms with Gasteiger partial charge in [0, 0.05) is 52.9 Å². The predicted octanol–water partition coefficient (Wildman–Crippen LogP) is 0.274. The van der Waals surface area contributed by atoms with Crippen LogP contribution in [0.1, 0.15) is 6.42 Å². The van der Waals surface area contributed by atoms with Crippen molar-refractivity contribution in [3.05, 3.63) is 12.4 Å². The summed E-state index contributed by atoms with van der Waals surface area (Å²) in [4.78, 5) is 29.4. The molecule has 2 atom stereocenters. The molecule has 0 saturated carbocycles. The minimum atomic E-state index is -0.178. The summed E-state index contributed by atoms with van der Waals surface area (Å²) >= 11 is 0. The highest BCUT2D eigenvalue weighted by Crippen LogP contribution is 2.30. The lowest BCUT2D eigenvalue weighted by atomic mass is 10.2. The van der Waals surface area contributed by atoms with E-state index in [2.05, 4.69) is 19.8 Å². The summed E-state index contributed by atoms with van der Waals surface area (Å²) in [5.41, 5.74) is 0. The van der Waals surface area contributed by atoms with Crippen LogP contribution >= 0.6 is 0 Å². The molecule has 1 aromatic heterocycles. The maximum Gasteiger partial charge on any atom is 0.410 e. The van der Waals surface area contributed by atoms with Gasteiger partial charge in [-0.25, -0.2) is 14.8 Å². The van der Waals surface area contributed by atoms with Crippen LogP contribution in [-0.4, -0.2) is 105 Å². The molecule has 3 fully saturated rings. The minimum absolute atomic E-state index is 0.0846. The first-order chi connectivity index (χ1) is 13.1. The Hall–Kier alpha value is -2.13. The largest absolute Gasteiger partial charge is 0.442 e. The molecule has 3 aliphatic rings. The molecular formula is C18H28N6O3. The van der Waals surface area contributed by atoms with Gasteiger partial charge in [-0.3, -0.25) is 9.80 Å². The lowest BCUT2D eigenvalue weighted by Gasteiger charge is -2.28. The van der Waals surface area contributed by atoms with Gasteiger partial charge >= 0.3 is 6.09 Å². The number of hydrogen-bond donors (Lipinski definition) is 0. The number of rotatable bonds is 6. The van der Waals surface area contributed by atoms with Crippen LogP contribution in [-0.2, 0) is 9.47 Å². The first kappa shape index (κ1) is 18.2. The highest BCUT2D eigenvalue weighted by atomic mass is 16.6. The third-order valence-electron chi connectivity index (χ3n) is 5.52. The summed E-state index contributed by atoms with van der Waals surface area (Å²) in [5, 5.41) is 0. The molecule has 27 heavy (non-hydrogen) atoms. The maximum atomic E-state index is 12.3. The third kappa shape index (κ3) is 3.93. The summed E-state index contributed by atoms with van der Waals surface area (Å²) in [6.07, 6.45) is 2.28. The van der Waals surface area contributed by atoms with E-state index in [1.165, 1.54) is 0 Å². The number of ether oxygens (including phenoxy) is 2. The van der Waals surface area contributed by atoms with Crippen molar-refractivity contribution in [3.8, 4) is 0 Å². The summed E-state index contributed by atoms with van der Waals surface area (Å²) in [7, 11) is 3.92. The first-order valence-electron chi connectivity index (χ1n) is 9.63. The normalized spacial score (nSPS) is 25.6. The zero-order chi connectivity index (χ0) is 18.8. The van der Waals surface area contributed by atoms with Gasteiger partial charge in [-0.15, -0.1) is 0 Å². The number of fused-ring (bicyclic) bond motifs is 1. The van der Waals surface area contributed by atoms with Crippen molar-refractivity contribution in [1.29, 1.82) is 0 Å². The number of hydrogen-bond acceptors (Lipinski definition) is 8. The fraction of sp³-hybridized carbons (Fsp3) is 0.722. The Bertz CT molecular complexity index is 666. The Balaban J connectivity index is 1.34. The lowest BCUT2D eigenvalue weighted by Crippen LogP contribution is -2.41. The van der Waals surface area contributed by atoms with E-state index in [0.717, 1.165) is 64.0 Å². The van der Waals surface area contributed by atoms with E-state index in [0.29, 0.717) is 6.54 Å². The first-order valence-corrected chi connectivity index (χ1v) is 9.63. The van der Waals surface area contributed by atoms with Gasteiger partial charge in [0.15, 0.2) is 0 Å². The van der Waals surface area contributed by atoms with Gasteiger partial charge in [-0.05, 0) is 6.42 Å². The molecule has 1 amide bonds. The van der Waals surface area contributed by atoms with Crippen molar-refractivity contribution in [3.63, 3.8) is 0 Å². The number of carbonyl (C=O) groups is 1. The molecule has 9 nitrogen and oxygen atoms in total. The fourth-order valence-electron chi connectivity index (χ4n) is 3.99. The van der Waals surface area contributed by atoms with Gasteiger partial charge in [0.05, 0.1) is 25.8 Å². The Kier molecular flexibility index (Phi) is 5.31. The number of nitrogens with zero attached hydrogens (tertiary/aromatic N) is 6. The van der Waals surface area contributed by atoms with Crippen LogP contribution in [0.2, 0.25) is 0 Å². The van der Waals surface area contributed by atoms with Crippen molar-refractivity contribution in [2.75, 3.05) is 76.4 Å². The van der Waals surface area contributed by atoms with Crippen LogP contribution in [0.15, 0.2) is 12.4 Å². The second-order valence-corrected chi connectivity index (χ2v) is 7.52. The van der Waals surface area contributed by atoms with Crippen molar-refractivity contribution in [2.45, 2.75) is 18.6 Å². The Morgan fingerprint density at radius 3 is 2.78 bits per heavy atom. The molecule has 4 rings (SSSR count). The summed E-state index contributed by atoms with van der Waals surface area (Å²) in [6, 6.07) is 2.07. The molecule has 4 heterocycles. The van der Waals surface area contributed by atoms with Crippen molar-refractivity contribution < 1.29 is 14.3 Å². The molecule has 3 aliphatic heterocycles. The molecule has 0 spiro atoms. The molecule has 1 aromatic rings. The van der Waals surface area contributed by atoms with Gasteiger partial charge in [0.1, 0.15) is 24.1 Å². The molecular weight excluding hydrogens is 348 g/mol. The van der Waals surface area contributed by atoms with Crippen LogP contribution in [0.3, 0.4) is 0 Å². The van der Waals surface area contributed by atoms with Crippen LogP contribution in [0.5, 0.6) is 0 Å². The van der Waals surface area contributed by atoms with E-state index in [1.807, 2.05) is 30.0 Å². The predicted molar refractivity (Wildman–Crippen MR) is 101 cm³/mol. The average molecular weight is 376 g/mol. The van der Waals surface area contributed by atoms with Gasteiger partial charge < -0.3 is 19.3 Å². The lowest BCUT2D eigenvalue weighted by molar-refractivity contribution is 0.0363. The molecule has 0 unspecified atom stereocenters. The van der Waals surface area contributed by atoms with E-state index in [1.54, 1.807) is 6.33 Å². The fourth-order valence-corrected chi connectivity index (χ4v) is 3.99. The van der Waals surface area contributed by atoms with E-state index in [9.17, 15) is 4.79 Å². The quantitative estimate of drug-likeness (QED) is 0.701. The number of anilines is 2. The van der Waals surface area contributed by atoms with Gasteiger partial charge in [-0.2, -0.15) is 0 Å². The summed E-state index contributed by atoms with van der Waals surface area (Å²) in [5.74, 6) is 1.75. The van der Waals surface area contributed by atoms with E-state index in [-0.39, 0.29) is 18.2 Å². The second kappa shape index (κ2) is 7.85. The second-order valence-electron chi connectivity index (χ2n) is 7.52. The molecule has 148 valence electrons. The number of amides is 1. The summed E-state index contributed by atoms with van der Waals surface area (Å²) in [6.45, 7) is 6.72. The topological polar surface area (TPSA) is 74.3 Å². The number of aromatic nitrogens is 2. The minimum Gasteiger partial charge on any atom is -0.442 e. The number of morpholine rings is 1. The van der Waals surface area contributed by atoms with Crippen molar-refractivity contribution in [1.82, 2.24) is 19.8 Å². The molecule has 0 aromatic carbocycles. The molecule has 0 aliphatic carbocycles. The molecule has 0 radical (unpaired) electrons. The molecule has 9 heteroatoms. The Labute approximate surface area is 159 Å². The SMILES string of the molecule is CN(C)c1cc(N2C[C@H]3OC(=O)N(CCCN4CCOCC4)[C@H]3C2)ncn1. The third-order valence-corrected chi connectivity index (χ3v) is 5.52. The van der Waals surface area contributed by atoms with Gasteiger partial charge in [0.25, 0.3) is 0 Å². The van der Waals surface area contributed by atoms with E-state index < -0.39 is 0 Å². The molecule has 0 bridgehead atoms. The average Bonchev–Trinajstić information content (AvgIpc) is 3.21. The van der Waals surface area contributed by atoms with Gasteiger partial charge in [0.2, 0.25) is 0 Å². The van der Waals surface area contributed by atoms with E-state index >= 15 is 0 Å². The smallest absolute Gasteiger partial charge is 0.410 e. The Morgan fingerprint density at radius 2 is 2.00 bits per heavy atom. The Morgan fingerprint density at radius 1 is 1.19 bits per heavy atom. The van der Waals surface area contributed by atoms with Gasteiger partial charge in [-0.1, -0.05) is 0 Å². The van der Waals surface area contributed by atoms with Crippen molar-refractivity contribution in [2.24, 2.45) is 0 Å². The number of carbonyl (C=O) groups excluding carboxylic acids is 1.